The van der Waals surface area contributed by atoms with E-state index in [2.05, 4.69) is 5.32 Å². The number of aliphatic carboxylic acids is 1. The molecule has 5 heteroatoms. The summed E-state index contributed by atoms with van der Waals surface area (Å²) in [7, 11) is 0. The summed E-state index contributed by atoms with van der Waals surface area (Å²) >= 11 is 0. The predicted octanol–water partition coefficient (Wildman–Crippen LogP) is 0.408. The van der Waals surface area contributed by atoms with Crippen LogP contribution in [0.2, 0.25) is 0 Å². The molecule has 0 heterocycles. The van der Waals surface area contributed by atoms with Crippen LogP contribution in [0.1, 0.15) is 16.7 Å². The van der Waals surface area contributed by atoms with Gasteiger partial charge in [0.25, 0.3) is 0 Å². The van der Waals surface area contributed by atoms with Crippen LogP contribution in [0, 0.1) is 13.8 Å². The molecule has 0 aliphatic carbocycles. The van der Waals surface area contributed by atoms with Crippen LogP contribution in [0.15, 0.2) is 18.2 Å². The molecule has 0 fully saturated rings. The Kier molecular flexibility index (Phi) is 4.85. The fourth-order valence-electron chi connectivity index (χ4n) is 1.46. The van der Waals surface area contributed by atoms with Crippen LogP contribution in [0.5, 0.6) is 0 Å². The Morgan fingerprint density at radius 3 is 2.50 bits per heavy atom. The van der Waals surface area contributed by atoms with Crippen LogP contribution in [-0.4, -0.2) is 34.7 Å². The van der Waals surface area contributed by atoms with E-state index in [1.807, 2.05) is 32.0 Å². The molecule has 0 aliphatic heterocycles. The first-order valence-corrected chi connectivity index (χ1v) is 5.64. The van der Waals surface area contributed by atoms with Crippen LogP contribution in [0.3, 0.4) is 0 Å². The maximum Gasteiger partial charge on any atom is 0.334 e. The zero-order valence-electron chi connectivity index (χ0n) is 10.4. The van der Waals surface area contributed by atoms with Gasteiger partial charge >= 0.3 is 5.97 Å². The van der Waals surface area contributed by atoms with Crippen molar-refractivity contribution in [2.75, 3.05) is 6.54 Å². The molecule has 1 aromatic carbocycles. The second-order valence-corrected chi connectivity index (χ2v) is 4.25. The SMILES string of the molecule is Cc1ccc(CC(=O)NCC(O)C(=O)O)cc1C. The van der Waals surface area contributed by atoms with Crippen molar-refractivity contribution >= 4 is 11.9 Å². The summed E-state index contributed by atoms with van der Waals surface area (Å²) in [6.45, 7) is 3.67. The lowest BCUT2D eigenvalue weighted by atomic mass is 10.0. The number of carbonyl (C=O) groups is 2. The number of hydrogen-bond donors (Lipinski definition) is 3. The van der Waals surface area contributed by atoms with E-state index in [1.165, 1.54) is 0 Å². The molecule has 1 unspecified atom stereocenters. The van der Waals surface area contributed by atoms with Crippen LogP contribution in [0.25, 0.3) is 0 Å². The summed E-state index contributed by atoms with van der Waals surface area (Å²) < 4.78 is 0. The Morgan fingerprint density at radius 2 is 1.94 bits per heavy atom. The van der Waals surface area contributed by atoms with Gasteiger partial charge in [-0.1, -0.05) is 18.2 Å². The minimum absolute atomic E-state index is 0.174. The molecule has 3 N–H and O–H groups in total. The van der Waals surface area contributed by atoms with E-state index in [0.717, 1.165) is 16.7 Å². The molecule has 0 aromatic heterocycles. The lowest BCUT2D eigenvalue weighted by Crippen LogP contribution is -2.37. The van der Waals surface area contributed by atoms with Gasteiger partial charge in [0.05, 0.1) is 13.0 Å². The van der Waals surface area contributed by atoms with Crippen LogP contribution < -0.4 is 5.32 Å². The molecule has 1 rings (SSSR count). The molecule has 5 nitrogen and oxygen atoms in total. The van der Waals surface area contributed by atoms with E-state index in [1.54, 1.807) is 0 Å². The van der Waals surface area contributed by atoms with Gasteiger partial charge in [-0.25, -0.2) is 4.79 Å². The first-order chi connectivity index (χ1) is 8.40. The molecular weight excluding hydrogens is 234 g/mol. The van der Waals surface area contributed by atoms with E-state index >= 15 is 0 Å². The molecule has 0 spiro atoms. The first-order valence-electron chi connectivity index (χ1n) is 5.64. The molecular formula is C13H17NO4. The Hall–Kier alpha value is -1.88. The van der Waals surface area contributed by atoms with E-state index in [4.69, 9.17) is 10.2 Å². The largest absolute Gasteiger partial charge is 0.479 e. The van der Waals surface area contributed by atoms with Crippen molar-refractivity contribution in [2.24, 2.45) is 0 Å². The van der Waals surface area contributed by atoms with Crippen molar-refractivity contribution < 1.29 is 19.8 Å². The number of amides is 1. The number of aryl methyl sites for hydroxylation is 2. The molecule has 1 amide bonds. The molecule has 0 saturated heterocycles. The number of carboxylic acid groups (broad SMARTS) is 1. The third-order valence-electron chi connectivity index (χ3n) is 2.71. The van der Waals surface area contributed by atoms with Crippen LogP contribution in [0.4, 0.5) is 0 Å². The van der Waals surface area contributed by atoms with Gasteiger partial charge in [-0.2, -0.15) is 0 Å². The van der Waals surface area contributed by atoms with E-state index in [9.17, 15) is 9.59 Å². The van der Waals surface area contributed by atoms with Crippen molar-refractivity contribution in [1.29, 1.82) is 0 Å². The molecule has 0 aliphatic rings. The highest BCUT2D eigenvalue weighted by Gasteiger charge is 2.14. The number of rotatable bonds is 5. The summed E-state index contributed by atoms with van der Waals surface area (Å²) in [5.74, 6) is -1.65. The zero-order chi connectivity index (χ0) is 13.7. The highest BCUT2D eigenvalue weighted by molar-refractivity contribution is 5.80. The number of aliphatic hydroxyl groups excluding tert-OH is 1. The molecule has 1 atom stereocenters. The summed E-state index contributed by atoms with van der Waals surface area (Å²) in [6, 6.07) is 5.71. The van der Waals surface area contributed by atoms with Gasteiger partial charge < -0.3 is 15.5 Å². The van der Waals surface area contributed by atoms with Gasteiger partial charge in [0.15, 0.2) is 6.10 Å². The van der Waals surface area contributed by atoms with Crippen LogP contribution in [-0.2, 0) is 16.0 Å². The predicted molar refractivity (Wildman–Crippen MR) is 66.3 cm³/mol. The monoisotopic (exact) mass is 251 g/mol. The summed E-state index contributed by atoms with van der Waals surface area (Å²) in [5.41, 5.74) is 3.12. The van der Waals surface area contributed by atoms with Crippen molar-refractivity contribution in [3.8, 4) is 0 Å². The maximum absolute atomic E-state index is 11.5. The van der Waals surface area contributed by atoms with Gasteiger partial charge in [-0.05, 0) is 30.5 Å². The van der Waals surface area contributed by atoms with E-state index in [0.29, 0.717) is 0 Å². The number of benzene rings is 1. The molecule has 0 radical (unpaired) electrons. The zero-order valence-corrected chi connectivity index (χ0v) is 10.4. The smallest absolute Gasteiger partial charge is 0.334 e. The van der Waals surface area contributed by atoms with Gasteiger partial charge in [-0.3, -0.25) is 4.79 Å². The normalized spacial score (nSPS) is 11.9. The van der Waals surface area contributed by atoms with Gasteiger partial charge in [0.2, 0.25) is 5.91 Å². The fraction of sp³-hybridized carbons (Fsp3) is 0.385. The first kappa shape index (κ1) is 14.2. The highest BCUT2D eigenvalue weighted by Crippen LogP contribution is 2.10. The quantitative estimate of drug-likeness (QED) is 0.707. The van der Waals surface area contributed by atoms with Gasteiger partial charge in [-0.15, -0.1) is 0 Å². The molecule has 1 aromatic rings. The van der Waals surface area contributed by atoms with Crippen LogP contribution >= 0.6 is 0 Å². The molecule has 0 saturated carbocycles. The Morgan fingerprint density at radius 1 is 1.28 bits per heavy atom. The average molecular weight is 251 g/mol. The van der Waals surface area contributed by atoms with Crippen molar-refractivity contribution in [1.82, 2.24) is 5.32 Å². The lowest BCUT2D eigenvalue weighted by Gasteiger charge is -2.08. The maximum atomic E-state index is 11.5. The fourth-order valence-corrected chi connectivity index (χ4v) is 1.46. The third kappa shape index (κ3) is 4.18. The van der Waals surface area contributed by atoms with Crippen molar-refractivity contribution in [2.45, 2.75) is 26.4 Å². The number of aliphatic hydroxyl groups is 1. The van der Waals surface area contributed by atoms with Gasteiger partial charge in [0, 0.05) is 0 Å². The average Bonchev–Trinajstić information content (AvgIpc) is 2.30. The molecule has 98 valence electrons. The minimum Gasteiger partial charge on any atom is -0.479 e. The Labute approximate surface area is 105 Å². The van der Waals surface area contributed by atoms with E-state index < -0.39 is 12.1 Å². The number of carbonyl (C=O) groups excluding carboxylic acids is 1. The Balaban J connectivity index is 2.49. The second kappa shape index (κ2) is 6.16. The number of hydrogen-bond acceptors (Lipinski definition) is 3. The second-order valence-electron chi connectivity index (χ2n) is 4.25. The summed E-state index contributed by atoms with van der Waals surface area (Å²) in [5, 5.41) is 19.8. The summed E-state index contributed by atoms with van der Waals surface area (Å²) in [4.78, 5) is 21.9. The minimum atomic E-state index is -1.56. The highest BCUT2D eigenvalue weighted by atomic mass is 16.4. The standard InChI is InChI=1S/C13H17NO4/c1-8-3-4-10(5-9(8)2)6-12(16)14-7-11(15)13(17)18/h3-5,11,15H,6-7H2,1-2H3,(H,14,16)(H,17,18). The third-order valence-corrected chi connectivity index (χ3v) is 2.71. The molecule has 0 bridgehead atoms. The van der Waals surface area contributed by atoms with Crippen molar-refractivity contribution in [3.05, 3.63) is 34.9 Å². The van der Waals surface area contributed by atoms with E-state index in [-0.39, 0.29) is 18.9 Å². The summed E-state index contributed by atoms with van der Waals surface area (Å²) in [6.07, 6.45) is -1.39. The molecule has 18 heavy (non-hydrogen) atoms. The number of nitrogens with one attached hydrogen (secondary N) is 1. The lowest BCUT2D eigenvalue weighted by molar-refractivity contribution is -0.146. The topological polar surface area (TPSA) is 86.6 Å². The Bertz CT molecular complexity index is 456. The van der Waals surface area contributed by atoms with Crippen molar-refractivity contribution in [3.63, 3.8) is 0 Å². The van der Waals surface area contributed by atoms with Gasteiger partial charge in [0.1, 0.15) is 0 Å². The number of carboxylic acids is 1.